The fraction of sp³-hybridized carbons (Fsp3) is 0.667. The first kappa shape index (κ1) is 15.5. The summed E-state index contributed by atoms with van der Waals surface area (Å²) in [4.78, 5) is 0. The molecule has 2 heteroatoms. The number of hydrogen-bond donors (Lipinski definition) is 1. The van der Waals surface area contributed by atoms with Gasteiger partial charge in [-0.2, -0.15) is 0 Å². The van der Waals surface area contributed by atoms with Gasteiger partial charge in [0.1, 0.15) is 0 Å². The monoisotopic (exact) mass is 275 g/mol. The predicted octanol–water partition coefficient (Wildman–Crippen LogP) is 4.42. The van der Waals surface area contributed by atoms with Crippen LogP contribution in [0.1, 0.15) is 69.0 Å². The average Bonchev–Trinajstić information content (AvgIpc) is 2.43. The lowest BCUT2D eigenvalue weighted by Gasteiger charge is -2.29. The molecule has 0 heterocycles. The van der Waals surface area contributed by atoms with Crippen LogP contribution in [-0.2, 0) is 4.74 Å². The highest BCUT2D eigenvalue weighted by atomic mass is 16.5. The molecule has 20 heavy (non-hydrogen) atoms. The van der Waals surface area contributed by atoms with Crippen LogP contribution >= 0.6 is 0 Å². The van der Waals surface area contributed by atoms with E-state index in [0.717, 1.165) is 25.3 Å². The third-order valence-corrected chi connectivity index (χ3v) is 4.56. The smallest absolute Gasteiger partial charge is 0.0763 e. The molecule has 112 valence electrons. The third-order valence-electron chi connectivity index (χ3n) is 4.56. The molecule has 2 nitrogen and oxygen atoms in total. The highest BCUT2D eigenvalue weighted by Crippen LogP contribution is 2.36. The summed E-state index contributed by atoms with van der Waals surface area (Å²) in [5.41, 5.74) is 2.87. The van der Waals surface area contributed by atoms with Crippen LogP contribution in [0.15, 0.2) is 24.3 Å². The molecule has 1 aliphatic rings. The largest absolute Gasteiger partial charge is 0.379 e. The maximum absolute atomic E-state index is 5.66. The van der Waals surface area contributed by atoms with Gasteiger partial charge in [0.2, 0.25) is 0 Å². The van der Waals surface area contributed by atoms with Crippen molar-refractivity contribution in [2.75, 3.05) is 13.7 Å². The fourth-order valence-corrected chi connectivity index (χ4v) is 3.02. The molecule has 0 saturated heterocycles. The lowest BCUT2D eigenvalue weighted by atomic mass is 9.79. The van der Waals surface area contributed by atoms with E-state index in [9.17, 15) is 0 Å². The van der Waals surface area contributed by atoms with Gasteiger partial charge in [0.05, 0.1) is 12.1 Å². The van der Waals surface area contributed by atoms with Crippen molar-refractivity contribution in [3.05, 3.63) is 35.4 Å². The van der Waals surface area contributed by atoms with E-state index in [1.54, 1.807) is 0 Å². The Labute approximate surface area is 123 Å². The van der Waals surface area contributed by atoms with Gasteiger partial charge in [-0.15, -0.1) is 0 Å². The van der Waals surface area contributed by atoms with Gasteiger partial charge in [-0.1, -0.05) is 44.5 Å². The Morgan fingerprint density at radius 1 is 1.20 bits per heavy atom. The number of hydrogen-bond acceptors (Lipinski definition) is 2. The Morgan fingerprint density at radius 2 is 1.90 bits per heavy atom. The molecule has 2 atom stereocenters. The molecule has 2 unspecified atom stereocenters. The maximum atomic E-state index is 5.66. The molecule has 1 aliphatic carbocycles. The van der Waals surface area contributed by atoms with Crippen LogP contribution in [0.4, 0.5) is 0 Å². The molecule has 0 aromatic heterocycles. The van der Waals surface area contributed by atoms with Crippen molar-refractivity contribution in [1.29, 1.82) is 0 Å². The fourth-order valence-electron chi connectivity index (χ4n) is 3.02. The van der Waals surface area contributed by atoms with Crippen molar-refractivity contribution in [3.8, 4) is 0 Å². The second-order valence-corrected chi connectivity index (χ2v) is 5.91. The Hall–Kier alpha value is -0.860. The van der Waals surface area contributed by atoms with E-state index in [4.69, 9.17) is 4.74 Å². The van der Waals surface area contributed by atoms with Crippen LogP contribution in [0.25, 0.3) is 0 Å². The van der Waals surface area contributed by atoms with Gasteiger partial charge < -0.3 is 10.1 Å². The minimum absolute atomic E-state index is 0.246. The first-order valence-corrected chi connectivity index (χ1v) is 8.16. The summed E-state index contributed by atoms with van der Waals surface area (Å²) in [6.45, 7) is 5.43. The zero-order valence-corrected chi connectivity index (χ0v) is 13.2. The van der Waals surface area contributed by atoms with Crippen LogP contribution in [-0.4, -0.2) is 19.8 Å². The first-order valence-electron chi connectivity index (χ1n) is 8.16. The SMILES string of the molecule is CCCNC(c1ccc(C2CCC2)cc1)C(CC)OC. The van der Waals surface area contributed by atoms with E-state index in [2.05, 4.69) is 43.4 Å². The van der Waals surface area contributed by atoms with Crippen molar-refractivity contribution in [3.63, 3.8) is 0 Å². The second-order valence-electron chi connectivity index (χ2n) is 5.91. The molecule has 1 fully saturated rings. The predicted molar refractivity (Wildman–Crippen MR) is 85.2 cm³/mol. The van der Waals surface area contributed by atoms with E-state index in [1.165, 1.54) is 30.4 Å². The zero-order chi connectivity index (χ0) is 14.4. The van der Waals surface area contributed by atoms with Crippen LogP contribution in [0, 0.1) is 0 Å². The molecule has 0 radical (unpaired) electrons. The van der Waals surface area contributed by atoms with Crippen molar-refractivity contribution in [1.82, 2.24) is 5.32 Å². The summed E-state index contributed by atoms with van der Waals surface area (Å²) in [6.07, 6.45) is 6.56. The summed E-state index contributed by atoms with van der Waals surface area (Å²) >= 11 is 0. The highest BCUT2D eigenvalue weighted by molar-refractivity contribution is 5.29. The van der Waals surface area contributed by atoms with Gasteiger partial charge in [0, 0.05) is 7.11 Å². The van der Waals surface area contributed by atoms with Gasteiger partial charge in [-0.3, -0.25) is 0 Å². The molecular formula is C18H29NO. The molecular weight excluding hydrogens is 246 g/mol. The Bertz CT molecular complexity index is 379. The number of nitrogens with one attached hydrogen (secondary N) is 1. The molecule has 0 amide bonds. The zero-order valence-electron chi connectivity index (χ0n) is 13.2. The number of ether oxygens (including phenoxy) is 1. The number of benzene rings is 1. The van der Waals surface area contributed by atoms with Gasteiger partial charge in [-0.25, -0.2) is 0 Å². The molecule has 1 saturated carbocycles. The summed E-state index contributed by atoms with van der Waals surface area (Å²) in [6, 6.07) is 9.54. The summed E-state index contributed by atoms with van der Waals surface area (Å²) in [7, 11) is 1.82. The van der Waals surface area contributed by atoms with Crippen LogP contribution < -0.4 is 5.32 Å². The van der Waals surface area contributed by atoms with Crippen LogP contribution in [0.2, 0.25) is 0 Å². The molecule has 1 aromatic carbocycles. The van der Waals surface area contributed by atoms with E-state index < -0.39 is 0 Å². The lowest BCUT2D eigenvalue weighted by molar-refractivity contribution is 0.0651. The second kappa shape index (κ2) is 7.80. The minimum atomic E-state index is 0.246. The third kappa shape index (κ3) is 3.62. The molecule has 1 aromatic rings. The summed E-state index contributed by atoms with van der Waals surface area (Å²) in [5.74, 6) is 0.815. The van der Waals surface area contributed by atoms with Gasteiger partial charge in [0.15, 0.2) is 0 Å². The lowest BCUT2D eigenvalue weighted by Crippen LogP contribution is -2.33. The van der Waals surface area contributed by atoms with Crippen LogP contribution in [0.3, 0.4) is 0 Å². The van der Waals surface area contributed by atoms with Crippen molar-refractivity contribution < 1.29 is 4.74 Å². The van der Waals surface area contributed by atoms with Crippen molar-refractivity contribution >= 4 is 0 Å². The molecule has 0 aliphatic heterocycles. The van der Waals surface area contributed by atoms with Gasteiger partial charge in [-0.05, 0) is 49.3 Å². The van der Waals surface area contributed by atoms with E-state index >= 15 is 0 Å². The van der Waals surface area contributed by atoms with E-state index in [0.29, 0.717) is 6.04 Å². The standard InChI is InChI=1S/C18H29NO/c1-4-13-19-18(17(5-2)20-3)16-11-9-15(10-12-16)14-7-6-8-14/h9-12,14,17-19H,4-8,13H2,1-3H3. The van der Waals surface area contributed by atoms with Crippen molar-refractivity contribution in [2.45, 2.75) is 64.0 Å². The van der Waals surface area contributed by atoms with Gasteiger partial charge >= 0.3 is 0 Å². The highest BCUT2D eigenvalue weighted by Gasteiger charge is 2.23. The average molecular weight is 275 g/mol. The quantitative estimate of drug-likeness (QED) is 0.758. The number of rotatable bonds is 8. The van der Waals surface area contributed by atoms with E-state index in [1.807, 2.05) is 7.11 Å². The molecule has 0 spiro atoms. The maximum Gasteiger partial charge on any atom is 0.0763 e. The van der Waals surface area contributed by atoms with Gasteiger partial charge in [0.25, 0.3) is 0 Å². The topological polar surface area (TPSA) is 21.3 Å². The normalized spacial score (nSPS) is 18.6. The molecule has 1 N–H and O–H groups in total. The van der Waals surface area contributed by atoms with E-state index in [-0.39, 0.29) is 6.10 Å². The van der Waals surface area contributed by atoms with Crippen molar-refractivity contribution in [2.24, 2.45) is 0 Å². The summed E-state index contributed by atoms with van der Waals surface area (Å²) in [5, 5.41) is 3.64. The number of methoxy groups -OCH3 is 1. The first-order chi connectivity index (χ1) is 9.80. The Balaban J connectivity index is 2.09. The van der Waals surface area contributed by atoms with Crippen LogP contribution in [0.5, 0.6) is 0 Å². The Morgan fingerprint density at radius 3 is 2.35 bits per heavy atom. The molecule has 2 rings (SSSR count). The Kier molecular flexibility index (Phi) is 6.06. The minimum Gasteiger partial charge on any atom is -0.379 e. The summed E-state index contributed by atoms with van der Waals surface area (Å²) < 4.78 is 5.66. The molecule has 0 bridgehead atoms.